The fraction of sp³-hybridized carbons (Fsp3) is 1.00. The van der Waals surface area contributed by atoms with Gasteiger partial charge >= 0.3 is 0 Å². The Kier molecular flexibility index (Phi) is 6.27. The van der Waals surface area contributed by atoms with E-state index in [-0.39, 0.29) is 0 Å². The first-order chi connectivity index (χ1) is 10.8. The third-order valence-corrected chi connectivity index (χ3v) is 3.98. The molecular formula is C12H22O11. The molecule has 2 heterocycles. The summed E-state index contributed by atoms with van der Waals surface area (Å²) in [7, 11) is 0. The van der Waals surface area contributed by atoms with Crippen molar-refractivity contribution in [3.63, 3.8) is 0 Å². The van der Waals surface area contributed by atoms with Crippen molar-refractivity contribution in [2.45, 2.75) is 61.4 Å². The highest BCUT2D eigenvalue weighted by atomic mass is 16.7. The Hall–Kier alpha value is -0.440. The van der Waals surface area contributed by atoms with Gasteiger partial charge in [-0.25, -0.2) is 0 Å². The van der Waals surface area contributed by atoms with Crippen molar-refractivity contribution in [2.75, 3.05) is 13.2 Å². The van der Waals surface area contributed by atoms with Gasteiger partial charge < -0.3 is 55.1 Å². The molecule has 0 aliphatic carbocycles. The van der Waals surface area contributed by atoms with Gasteiger partial charge in [-0.15, -0.1) is 0 Å². The fourth-order valence-corrected chi connectivity index (χ4v) is 2.55. The van der Waals surface area contributed by atoms with E-state index in [9.17, 15) is 30.6 Å². The number of hydrogen-bond donors (Lipinski definition) is 8. The Morgan fingerprint density at radius 1 is 0.652 bits per heavy atom. The fourth-order valence-electron chi connectivity index (χ4n) is 2.55. The average molecular weight is 342 g/mol. The van der Waals surface area contributed by atoms with Gasteiger partial charge in [0.15, 0.2) is 12.6 Å². The van der Waals surface area contributed by atoms with Gasteiger partial charge in [0, 0.05) is 0 Å². The Morgan fingerprint density at radius 2 is 1.17 bits per heavy atom. The van der Waals surface area contributed by atoms with E-state index in [4.69, 9.17) is 24.4 Å². The molecule has 11 nitrogen and oxygen atoms in total. The molecule has 0 spiro atoms. The van der Waals surface area contributed by atoms with E-state index in [2.05, 4.69) is 0 Å². The quantitative estimate of drug-likeness (QED) is 0.243. The van der Waals surface area contributed by atoms with Crippen molar-refractivity contribution in [1.82, 2.24) is 0 Å². The van der Waals surface area contributed by atoms with Crippen LogP contribution in [0.4, 0.5) is 0 Å². The zero-order chi connectivity index (χ0) is 17.3. The Balaban J connectivity index is 2.08. The summed E-state index contributed by atoms with van der Waals surface area (Å²) < 4.78 is 15.1. The maximum Gasteiger partial charge on any atom is 0.187 e. The molecule has 2 rings (SSSR count). The topological polar surface area (TPSA) is 190 Å². The van der Waals surface area contributed by atoms with Crippen molar-refractivity contribution in [3.8, 4) is 0 Å². The van der Waals surface area contributed by atoms with Crippen LogP contribution in [0.2, 0.25) is 0 Å². The van der Waals surface area contributed by atoms with Crippen LogP contribution in [-0.2, 0) is 14.2 Å². The number of aliphatic hydroxyl groups excluding tert-OH is 8. The predicted octanol–water partition coefficient (Wildman–Crippen LogP) is -5.40. The molecule has 2 saturated heterocycles. The standard InChI is InChI=1S/C12H22O11/c13-1-3-6(16)8(18)10(11(20)21-3)23-12-9(19)7(17)5(15)4(2-14)22-12/h3-20H,1-2H2/t3?,4?,5-,6-,7?,8?,9+,10+,11-,12+/m1/s1. The van der Waals surface area contributed by atoms with Crippen molar-refractivity contribution < 1.29 is 55.1 Å². The minimum atomic E-state index is -1.75. The van der Waals surface area contributed by atoms with Gasteiger partial charge in [-0.3, -0.25) is 0 Å². The van der Waals surface area contributed by atoms with E-state index < -0.39 is 74.6 Å². The molecule has 0 amide bonds. The van der Waals surface area contributed by atoms with Crippen LogP contribution in [0.1, 0.15) is 0 Å². The van der Waals surface area contributed by atoms with E-state index >= 15 is 0 Å². The number of ether oxygens (including phenoxy) is 3. The van der Waals surface area contributed by atoms with E-state index in [0.29, 0.717) is 0 Å². The van der Waals surface area contributed by atoms with Crippen molar-refractivity contribution in [2.24, 2.45) is 0 Å². The van der Waals surface area contributed by atoms with E-state index in [1.54, 1.807) is 0 Å². The van der Waals surface area contributed by atoms with Gasteiger partial charge in [0.05, 0.1) is 13.2 Å². The molecule has 0 aromatic carbocycles. The lowest BCUT2D eigenvalue weighted by atomic mass is 9.97. The van der Waals surface area contributed by atoms with Gasteiger partial charge in [-0.1, -0.05) is 0 Å². The van der Waals surface area contributed by atoms with Gasteiger partial charge in [0.25, 0.3) is 0 Å². The molecule has 136 valence electrons. The molecule has 0 aromatic heterocycles. The summed E-state index contributed by atoms with van der Waals surface area (Å²) in [5, 5.41) is 76.7. The maximum atomic E-state index is 9.94. The summed E-state index contributed by atoms with van der Waals surface area (Å²) in [4.78, 5) is 0. The van der Waals surface area contributed by atoms with Gasteiger partial charge in [-0.2, -0.15) is 0 Å². The second-order valence-electron chi connectivity index (χ2n) is 5.53. The maximum absolute atomic E-state index is 9.94. The highest BCUT2D eigenvalue weighted by Gasteiger charge is 2.50. The highest BCUT2D eigenvalue weighted by molar-refractivity contribution is 4.93. The van der Waals surface area contributed by atoms with Crippen molar-refractivity contribution in [1.29, 1.82) is 0 Å². The number of rotatable bonds is 4. The van der Waals surface area contributed by atoms with E-state index in [1.807, 2.05) is 0 Å². The summed E-state index contributed by atoms with van der Waals surface area (Å²) in [6, 6.07) is 0. The first kappa shape index (κ1) is 18.9. The van der Waals surface area contributed by atoms with Crippen molar-refractivity contribution in [3.05, 3.63) is 0 Å². The van der Waals surface area contributed by atoms with Gasteiger partial charge in [-0.05, 0) is 0 Å². The van der Waals surface area contributed by atoms with Crippen LogP contribution in [-0.4, -0.2) is 115 Å². The largest absolute Gasteiger partial charge is 0.394 e. The molecule has 8 N–H and O–H groups in total. The first-order valence-electron chi connectivity index (χ1n) is 7.08. The smallest absolute Gasteiger partial charge is 0.187 e. The molecule has 2 aliphatic rings. The molecule has 11 heteroatoms. The minimum Gasteiger partial charge on any atom is -0.394 e. The second kappa shape index (κ2) is 7.63. The van der Waals surface area contributed by atoms with Gasteiger partial charge in [0.1, 0.15) is 48.8 Å². The minimum absolute atomic E-state index is 0.651. The second-order valence-corrected chi connectivity index (χ2v) is 5.53. The number of aliphatic hydroxyl groups is 8. The lowest BCUT2D eigenvalue weighted by Crippen LogP contribution is -2.64. The Labute approximate surface area is 130 Å². The van der Waals surface area contributed by atoms with Crippen LogP contribution in [0.25, 0.3) is 0 Å². The van der Waals surface area contributed by atoms with Crippen LogP contribution in [0.3, 0.4) is 0 Å². The summed E-state index contributed by atoms with van der Waals surface area (Å²) in [6.07, 6.45) is -15.6. The lowest BCUT2D eigenvalue weighted by Gasteiger charge is -2.44. The van der Waals surface area contributed by atoms with Crippen LogP contribution in [0.5, 0.6) is 0 Å². The predicted molar refractivity (Wildman–Crippen MR) is 68.6 cm³/mol. The highest BCUT2D eigenvalue weighted by Crippen LogP contribution is 2.28. The van der Waals surface area contributed by atoms with Crippen LogP contribution >= 0.6 is 0 Å². The Bertz CT molecular complexity index is 380. The lowest BCUT2D eigenvalue weighted by molar-refractivity contribution is -0.361. The SMILES string of the molecule is OCC1O[C@@H](O[C@H]2C(O)[C@H](O)C(CO)O[C@H]2O)[C@@H](O)C(O)[C@@H]1O. The average Bonchev–Trinajstić information content (AvgIpc) is 2.54. The molecule has 10 atom stereocenters. The van der Waals surface area contributed by atoms with Crippen LogP contribution in [0.15, 0.2) is 0 Å². The number of hydrogen-bond acceptors (Lipinski definition) is 11. The first-order valence-corrected chi connectivity index (χ1v) is 7.08. The normalized spacial score (nSPS) is 51.7. The van der Waals surface area contributed by atoms with E-state index in [0.717, 1.165) is 0 Å². The monoisotopic (exact) mass is 342 g/mol. The van der Waals surface area contributed by atoms with E-state index in [1.165, 1.54) is 0 Å². The zero-order valence-electron chi connectivity index (χ0n) is 12.0. The molecule has 0 radical (unpaired) electrons. The molecule has 4 unspecified atom stereocenters. The molecule has 0 aromatic rings. The molecule has 2 fully saturated rings. The molecule has 0 bridgehead atoms. The third-order valence-electron chi connectivity index (χ3n) is 3.98. The summed E-state index contributed by atoms with van der Waals surface area (Å²) in [6.45, 7) is -1.33. The summed E-state index contributed by atoms with van der Waals surface area (Å²) >= 11 is 0. The Morgan fingerprint density at radius 3 is 1.74 bits per heavy atom. The summed E-state index contributed by atoms with van der Waals surface area (Å²) in [5.74, 6) is 0. The van der Waals surface area contributed by atoms with Crippen molar-refractivity contribution >= 4 is 0 Å². The van der Waals surface area contributed by atoms with Crippen LogP contribution < -0.4 is 0 Å². The third kappa shape index (κ3) is 3.65. The van der Waals surface area contributed by atoms with Gasteiger partial charge in [0.2, 0.25) is 0 Å². The molecule has 23 heavy (non-hydrogen) atoms. The van der Waals surface area contributed by atoms with Crippen LogP contribution in [0, 0.1) is 0 Å². The molecular weight excluding hydrogens is 320 g/mol. The zero-order valence-corrected chi connectivity index (χ0v) is 12.0. The summed E-state index contributed by atoms with van der Waals surface area (Å²) in [5.41, 5.74) is 0. The molecule has 0 saturated carbocycles. The molecule has 2 aliphatic heterocycles.